The second kappa shape index (κ2) is 4.49. The number of nitrogen functional groups attached to an aromatic ring is 1. The summed E-state index contributed by atoms with van der Waals surface area (Å²) in [5.74, 6) is 0. The molecule has 104 valence electrons. The minimum Gasteiger partial charge on any atom is -0.397 e. The molecular weight excluding hydrogens is 309 g/mol. The molecule has 20 heavy (non-hydrogen) atoms. The predicted molar refractivity (Wildman–Crippen MR) is 74.7 cm³/mol. The van der Waals surface area contributed by atoms with Crippen LogP contribution in [0.3, 0.4) is 0 Å². The molecule has 0 radical (unpaired) electrons. The molecule has 0 spiro atoms. The van der Waals surface area contributed by atoms with Gasteiger partial charge in [0.25, 0.3) is 0 Å². The zero-order valence-electron chi connectivity index (χ0n) is 9.88. The van der Waals surface area contributed by atoms with Crippen molar-refractivity contribution in [3.8, 4) is 0 Å². The van der Waals surface area contributed by atoms with E-state index in [9.17, 15) is 13.2 Å². The molecule has 0 fully saturated rings. The molecule has 0 aliphatic carbocycles. The highest BCUT2D eigenvalue weighted by Gasteiger charge is 2.33. The summed E-state index contributed by atoms with van der Waals surface area (Å²) in [6.45, 7) is 0. The number of rotatable bonds is 0. The van der Waals surface area contributed by atoms with Gasteiger partial charge in [0.2, 0.25) is 0 Å². The SMILES string of the molecule is Nc1cc(C(F)(F)F)cc2c1Nc1ccc(Cl)cc1S2. The second-order valence-electron chi connectivity index (χ2n) is 4.30. The fourth-order valence-electron chi connectivity index (χ4n) is 1.95. The highest BCUT2D eigenvalue weighted by molar-refractivity contribution is 7.99. The maximum atomic E-state index is 12.8. The van der Waals surface area contributed by atoms with E-state index in [0.717, 1.165) is 22.7 Å². The summed E-state index contributed by atoms with van der Waals surface area (Å²) in [6, 6.07) is 7.21. The average molecular weight is 317 g/mol. The van der Waals surface area contributed by atoms with Crippen molar-refractivity contribution < 1.29 is 13.2 Å². The third-order valence-corrected chi connectivity index (χ3v) is 4.22. The number of benzene rings is 2. The fourth-order valence-corrected chi connectivity index (χ4v) is 3.30. The van der Waals surface area contributed by atoms with Gasteiger partial charge >= 0.3 is 6.18 Å². The van der Waals surface area contributed by atoms with Crippen molar-refractivity contribution in [1.29, 1.82) is 0 Å². The lowest BCUT2D eigenvalue weighted by Crippen LogP contribution is -2.09. The van der Waals surface area contributed by atoms with Gasteiger partial charge in [-0.1, -0.05) is 23.4 Å². The number of nitrogens with two attached hydrogens (primary N) is 1. The Morgan fingerprint density at radius 2 is 1.85 bits per heavy atom. The number of anilines is 3. The van der Waals surface area contributed by atoms with Crippen LogP contribution in [0.2, 0.25) is 5.02 Å². The van der Waals surface area contributed by atoms with Crippen molar-refractivity contribution in [3.05, 3.63) is 40.9 Å². The van der Waals surface area contributed by atoms with Crippen LogP contribution < -0.4 is 11.1 Å². The molecule has 1 aliphatic heterocycles. The zero-order valence-corrected chi connectivity index (χ0v) is 11.5. The fraction of sp³-hybridized carbons (Fsp3) is 0.0769. The summed E-state index contributed by atoms with van der Waals surface area (Å²) in [6.07, 6.45) is -4.42. The Balaban J connectivity index is 2.10. The number of hydrogen-bond donors (Lipinski definition) is 2. The number of fused-ring (bicyclic) bond motifs is 2. The van der Waals surface area contributed by atoms with Gasteiger partial charge in [0.15, 0.2) is 0 Å². The van der Waals surface area contributed by atoms with Gasteiger partial charge in [-0.15, -0.1) is 0 Å². The van der Waals surface area contributed by atoms with Crippen LogP contribution in [0, 0.1) is 0 Å². The van der Waals surface area contributed by atoms with Gasteiger partial charge in [-0.2, -0.15) is 13.2 Å². The Bertz CT molecular complexity index is 701. The van der Waals surface area contributed by atoms with Crippen molar-refractivity contribution in [2.45, 2.75) is 16.0 Å². The third kappa shape index (κ3) is 2.29. The first kappa shape index (κ1) is 13.5. The molecule has 0 aromatic heterocycles. The molecule has 1 heterocycles. The van der Waals surface area contributed by atoms with E-state index in [1.165, 1.54) is 11.8 Å². The highest BCUT2D eigenvalue weighted by atomic mass is 35.5. The van der Waals surface area contributed by atoms with Crippen molar-refractivity contribution in [2.24, 2.45) is 0 Å². The van der Waals surface area contributed by atoms with Crippen molar-refractivity contribution >= 4 is 40.4 Å². The minimum absolute atomic E-state index is 0.0722. The molecule has 0 amide bonds. The maximum Gasteiger partial charge on any atom is 0.416 e. The molecule has 3 rings (SSSR count). The quantitative estimate of drug-likeness (QED) is 0.563. The zero-order chi connectivity index (χ0) is 14.5. The van der Waals surface area contributed by atoms with E-state index in [4.69, 9.17) is 17.3 Å². The topological polar surface area (TPSA) is 38.0 Å². The van der Waals surface area contributed by atoms with Gasteiger partial charge in [0, 0.05) is 14.8 Å². The first-order chi connectivity index (χ1) is 9.34. The number of nitrogens with one attached hydrogen (secondary N) is 1. The standard InChI is InChI=1S/C13H8ClF3N2S/c14-7-1-2-9-10(5-7)20-11-4-6(13(15,16)17)3-8(18)12(11)19-9/h1-5,19H,18H2. The van der Waals surface area contributed by atoms with E-state index >= 15 is 0 Å². The van der Waals surface area contributed by atoms with E-state index in [2.05, 4.69) is 5.32 Å². The van der Waals surface area contributed by atoms with E-state index in [-0.39, 0.29) is 5.69 Å². The normalized spacial score (nSPS) is 13.4. The van der Waals surface area contributed by atoms with Gasteiger partial charge in [0.1, 0.15) is 0 Å². The Labute approximate surface area is 122 Å². The lowest BCUT2D eigenvalue weighted by molar-refractivity contribution is -0.137. The van der Waals surface area contributed by atoms with Crippen molar-refractivity contribution in [2.75, 3.05) is 11.1 Å². The molecule has 0 bridgehead atoms. The largest absolute Gasteiger partial charge is 0.416 e. The molecule has 2 aromatic carbocycles. The van der Waals surface area contributed by atoms with E-state index in [0.29, 0.717) is 15.6 Å². The summed E-state index contributed by atoms with van der Waals surface area (Å²) >= 11 is 7.11. The number of hydrogen-bond acceptors (Lipinski definition) is 3. The van der Waals surface area contributed by atoms with Crippen molar-refractivity contribution in [1.82, 2.24) is 0 Å². The van der Waals surface area contributed by atoms with E-state index < -0.39 is 11.7 Å². The van der Waals surface area contributed by atoms with Crippen LogP contribution in [-0.2, 0) is 6.18 Å². The summed E-state index contributed by atoms with van der Waals surface area (Å²) in [5, 5.41) is 3.57. The molecule has 0 atom stereocenters. The molecule has 3 N–H and O–H groups in total. The molecule has 2 aromatic rings. The smallest absolute Gasteiger partial charge is 0.397 e. The minimum atomic E-state index is -4.42. The molecule has 0 unspecified atom stereocenters. The van der Waals surface area contributed by atoms with Crippen molar-refractivity contribution in [3.63, 3.8) is 0 Å². The van der Waals surface area contributed by atoms with Crippen LogP contribution in [0.25, 0.3) is 0 Å². The molecule has 7 heteroatoms. The first-order valence-electron chi connectivity index (χ1n) is 5.60. The number of halogens is 4. The van der Waals surface area contributed by atoms with Crippen LogP contribution in [0.5, 0.6) is 0 Å². The second-order valence-corrected chi connectivity index (χ2v) is 5.82. The van der Waals surface area contributed by atoms with Gasteiger partial charge in [-0.3, -0.25) is 0 Å². The lowest BCUT2D eigenvalue weighted by atomic mass is 10.1. The highest BCUT2D eigenvalue weighted by Crippen LogP contribution is 2.49. The third-order valence-electron chi connectivity index (χ3n) is 2.88. The summed E-state index contributed by atoms with van der Waals surface area (Å²) in [5.41, 5.74) is 6.31. The lowest BCUT2D eigenvalue weighted by Gasteiger charge is -2.23. The van der Waals surface area contributed by atoms with Crippen LogP contribution in [0.4, 0.5) is 30.2 Å². The van der Waals surface area contributed by atoms with E-state index in [1.807, 2.05) is 0 Å². The summed E-state index contributed by atoms with van der Waals surface area (Å²) in [4.78, 5) is 1.20. The Hall–Kier alpha value is -1.53. The van der Waals surface area contributed by atoms with Crippen LogP contribution in [-0.4, -0.2) is 0 Å². The van der Waals surface area contributed by atoms with E-state index in [1.54, 1.807) is 18.2 Å². The predicted octanol–water partition coefficient (Wildman–Crippen LogP) is 5.15. The average Bonchev–Trinajstić information content (AvgIpc) is 2.35. The maximum absolute atomic E-state index is 12.8. The van der Waals surface area contributed by atoms with Gasteiger partial charge in [0.05, 0.1) is 22.6 Å². The Morgan fingerprint density at radius 3 is 2.55 bits per heavy atom. The Morgan fingerprint density at radius 1 is 1.10 bits per heavy atom. The molecule has 1 aliphatic rings. The first-order valence-corrected chi connectivity index (χ1v) is 6.79. The molecule has 0 saturated carbocycles. The Kier molecular flexibility index (Phi) is 3.02. The molecule has 2 nitrogen and oxygen atoms in total. The van der Waals surface area contributed by atoms with Gasteiger partial charge in [-0.05, 0) is 30.3 Å². The number of alkyl halides is 3. The van der Waals surface area contributed by atoms with Crippen LogP contribution >= 0.6 is 23.4 Å². The summed E-state index contributed by atoms with van der Waals surface area (Å²) < 4.78 is 38.4. The monoisotopic (exact) mass is 316 g/mol. The van der Waals surface area contributed by atoms with Crippen LogP contribution in [0.15, 0.2) is 40.1 Å². The molecule has 0 saturated heterocycles. The van der Waals surface area contributed by atoms with Crippen LogP contribution in [0.1, 0.15) is 5.56 Å². The summed E-state index contributed by atoms with van der Waals surface area (Å²) in [7, 11) is 0. The van der Waals surface area contributed by atoms with Gasteiger partial charge in [-0.25, -0.2) is 0 Å². The van der Waals surface area contributed by atoms with Gasteiger partial charge < -0.3 is 11.1 Å². The molecular formula is C13H8ClF3N2S.